The van der Waals surface area contributed by atoms with Gasteiger partial charge in [0.05, 0.1) is 10.3 Å². The highest BCUT2D eigenvalue weighted by atomic mass is 32.2. The molecule has 1 heterocycles. The van der Waals surface area contributed by atoms with Crippen molar-refractivity contribution in [1.82, 2.24) is 0 Å². The third kappa shape index (κ3) is 2.51. The number of hydrogen-bond acceptors (Lipinski definition) is 5. The number of phenolic OH excluding ortho intramolecular Hbond substituents is 1. The minimum Gasteiger partial charge on any atom is -0.508 e. The van der Waals surface area contributed by atoms with Gasteiger partial charge in [-0.05, 0) is 38.1 Å². The standard InChI is InChI=1S/C17H14O5S/c1-10-3-6-13(7-4-10)23(20,21)17-11(2)22-15-9-12(18)5-8-14(15)16(17)19/h3-9,18H,1-2H3. The maximum atomic E-state index is 12.8. The maximum Gasteiger partial charge on any atom is 0.213 e. The molecule has 0 spiro atoms. The van der Waals surface area contributed by atoms with Crippen LogP contribution < -0.4 is 5.43 Å². The molecule has 0 fully saturated rings. The second kappa shape index (κ2) is 5.24. The monoisotopic (exact) mass is 330 g/mol. The fourth-order valence-electron chi connectivity index (χ4n) is 2.42. The van der Waals surface area contributed by atoms with Crippen LogP contribution in [0.15, 0.2) is 61.5 Å². The van der Waals surface area contributed by atoms with Crippen LogP contribution in [0.3, 0.4) is 0 Å². The lowest BCUT2D eigenvalue weighted by molar-refractivity contribution is 0.472. The van der Waals surface area contributed by atoms with Crippen LogP contribution in [-0.2, 0) is 9.84 Å². The highest BCUT2D eigenvalue weighted by Gasteiger charge is 2.26. The molecule has 118 valence electrons. The van der Waals surface area contributed by atoms with E-state index in [-0.39, 0.29) is 32.3 Å². The molecule has 0 bridgehead atoms. The molecule has 3 aromatic rings. The minimum absolute atomic E-state index is 0.00586. The van der Waals surface area contributed by atoms with Gasteiger partial charge in [0.1, 0.15) is 17.1 Å². The summed E-state index contributed by atoms with van der Waals surface area (Å²) in [5, 5.41) is 9.58. The number of benzene rings is 2. The molecule has 23 heavy (non-hydrogen) atoms. The van der Waals surface area contributed by atoms with Gasteiger partial charge in [-0.15, -0.1) is 0 Å². The highest BCUT2D eigenvalue weighted by Crippen LogP contribution is 2.26. The molecule has 0 aliphatic rings. The summed E-state index contributed by atoms with van der Waals surface area (Å²) >= 11 is 0. The molecule has 0 unspecified atom stereocenters. The van der Waals surface area contributed by atoms with Gasteiger partial charge in [-0.3, -0.25) is 4.79 Å². The molecule has 0 radical (unpaired) electrons. The van der Waals surface area contributed by atoms with E-state index in [2.05, 4.69) is 0 Å². The van der Waals surface area contributed by atoms with Crippen molar-refractivity contribution in [3.05, 3.63) is 64.0 Å². The zero-order chi connectivity index (χ0) is 16.8. The Hall–Kier alpha value is -2.60. The fourth-order valence-corrected chi connectivity index (χ4v) is 3.93. The lowest BCUT2D eigenvalue weighted by atomic mass is 10.2. The Bertz CT molecular complexity index is 1060. The topological polar surface area (TPSA) is 84.6 Å². The Morgan fingerprint density at radius 3 is 2.30 bits per heavy atom. The summed E-state index contributed by atoms with van der Waals surface area (Å²) in [5.74, 6) is -0.0668. The van der Waals surface area contributed by atoms with Crippen LogP contribution in [-0.4, -0.2) is 13.5 Å². The van der Waals surface area contributed by atoms with E-state index in [1.54, 1.807) is 12.1 Å². The molecule has 0 atom stereocenters. The van der Waals surface area contributed by atoms with E-state index in [4.69, 9.17) is 4.42 Å². The Balaban J connectivity index is 2.33. The van der Waals surface area contributed by atoms with E-state index >= 15 is 0 Å². The van der Waals surface area contributed by atoms with Crippen LogP contribution in [0.1, 0.15) is 11.3 Å². The van der Waals surface area contributed by atoms with E-state index in [1.165, 1.54) is 37.3 Å². The number of rotatable bonds is 2. The Morgan fingerprint density at radius 1 is 1.00 bits per heavy atom. The van der Waals surface area contributed by atoms with Gasteiger partial charge in [-0.1, -0.05) is 17.7 Å². The van der Waals surface area contributed by atoms with Crippen molar-refractivity contribution < 1.29 is 17.9 Å². The van der Waals surface area contributed by atoms with Gasteiger partial charge in [0, 0.05) is 6.07 Å². The first-order valence-corrected chi connectivity index (χ1v) is 8.37. The summed E-state index contributed by atoms with van der Waals surface area (Å²) in [6, 6.07) is 10.2. The van der Waals surface area contributed by atoms with Gasteiger partial charge in [0.25, 0.3) is 0 Å². The minimum atomic E-state index is -3.99. The van der Waals surface area contributed by atoms with Crippen molar-refractivity contribution in [2.75, 3.05) is 0 Å². The molecular weight excluding hydrogens is 316 g/mol. The summed E-state index contributed by atoms with van der Waals surface area (Å²) in [7, 11) is -3.99. The molecule has 6 heteroatoms. The molecule has 1 N–H and O–H groups in total. The van der Waals surface area contributed by atoms with Crippen molar-refractivity contribution in [3.8, 4) is 5.75 Å². The van der Waals surface area contributed by atoms with Crippen molar-refractivity contribution in [1.29, 1.82) is 0 Å². The molecule has 5 nitrogen and oxygen atoms in total. The molecule has 0 saturated heterocycles. The predicted octanol–water partition coefficient (Wildman–Crippen LogP) is 2.95. The number of hydrogen-bond donors (Lipinski definition) is 1. The van der Waals surface area contributed by atoms with Crippen LogP contribution in [0.25, 0.3) is 11.0 Å². The van der Waals surface area contributed by atoms with Gasteiger partial charge in [0.15, 0.2) is 4.90 Å². The van der Waals surface area contributed by atoms with Crippen LogP contribution in [0, 0.1) is 13.8 Å². The lowest BCUT2D eigenvalue weighted by Gasteiger charge is -2.08. The predicted molar refractivity (Wildman–Crippen MR) is 85.5 cm³/mol. The Labute approximate surface area is 132 Å². The summed E-state index contributed by atoms with van der Waals surface area (Å²) in [4.78, 5) is 12.3. The zero-order valence-corrected chi connectivity index (χ0v) is 13.3. The number of aryl methyl sites for hydroxylation is 2. The second-order valence-electron chi connectivity index (χ2n) is 5.31. The summed E-state index contributed by atoms with van der Waals surface area (Å²) in [6.45, 7) is 3.27. The smallest absolute Gasteiger partial charge is 0.213 e. The van der Waals surface area contributed by atoms with Gasteiger partial charge < -0.3 is 9.52 Å². The Morgan fingerprint density at radius 2 is 1.65 bits per heavy atom. The quantitative estimate of drug-likeness (QED) is 0.781. The molecule has 0 aliphatic carbocycles. The number of phenols is 1. The van der Waals surface area contributed by atoms with Crippen LogP contribution in [0.2, 0.25) is 0 Å². The molecule has 0 amide bonds. The van der Waals surface area contributed by atoms with Crippen LogP contribution in [0.4, 0.5) is 0 Å². The molecule has 2 aromatic carbocycles. The SMILES string of the molecule is Cc1ccc(S(=O)(=O)c2c(C)oc3cc(O)ccc3c2=O)cc1. The zero-order valence-electron chi connectivity index (χ0n) is 12.5. The average molecular weight is 330 g/mol. The average Bonchev–Trinajstić information content (AvgIpc) is 2.46. The molecule has 0 saturated carbocycles. The van der Waals surface area contributed by atoms with Gasteiger partial charge >= 0.3 is 0 Å². The first-order chi connectivity index (χ1) is 10.8. The van der Waals surface area contributed by atoms with E-state index in [0.717, 1.165) is 5.56 Å². The van der Waals surface area contributed by atoms with E-state index in [9.17, 15) is 18.3 Å². The molecule has 0 aliphatic heterocycles. The number of sulfone groups is 1. The van der Waals surface area contributed by atoms with Gasteiger partial charge in [-0.25, -0.2) is 8.42 Å². The highest BCUT2D eigenvalue weighted by molar-refractivity contribution is 7.91. The maximum absolute atomic E-state index is 12.8. The summed E-state index contributed by atoms with van der Waals surface area (Å²) in [6.07, 6.45) is 0. The van der Waals surface area contributed by atoms with Crippen LogP contribution >= 0.6 is 0 Å². The van der Waals surface area contributed by atoms with Gasteiger partial charge in [0.2, 0.25) is 15.3 Å². The third-order valence-corrected chi connectivity index (χ3v) is 5.50. The summed E-state index contributed by atoms with van der Waals surface area (Å²) < 4.78 is 31.0. The van der Waals surface area contributed by atoms with E-state index in [0.29, 0.717) is 0 Å². The van der Waals surface area contributed by atoms with Crippen molar-refractivity contribution in [2.45, 2.75) is 23.6 Å². The first-order valence-electron chi connectivity index (χ1n) is 6.89. The van der Waals surface area contributed by atoms with Crippen LogP contribution in [0.5, 0.6) is 5.75 Å². The molecule has 1 aromatic heterocycles. The lowest BCUT2D eigenvalue weighted by Crippen LogP contribution is -2.17. The van der Waals surface area contributed by atoms with Gasteiger partial charge in [-0.2, -0.15) is 0 Å². The van der Waals surface area contributed by atoms with Crippen molar-refractivity contribution in [3.63, 3.8) is 0 Å². The largest absolute Gasteiger partial charge is 0.508 e. The third-order valence-electron chi connectivity index (χ3n) is 3.60. The summed E-state index contributed by atoms with van der Waals surface area (Å²) in [5.41, 5.74) is 0.432. The fraction of sp³-hybridized carbons (Fsp3) is 0.118. The second-order valence-corrected chi connectivity index (χ2v) is 7.20. The number of aromatic hydroxyl groups is 1. The van der Waals surface area contributed by atoms with E-state index < -0.39 is 15.3 Å². The first kappa shape index (κ1) is 15.3. The number of fused-ring (bicyclic) bond motifs is 1. The van der Waals surface area contributed by atoms with Crippen molar-refractivity contribution >= 4 is 20.8 Å². The molecule has 3 rings (SSSR count). The van der Waals surface area contributed by atoms with E-state index in [1.807, 2.05) is 6.92 Å². The molecular formula is C17H14O5S. The normalized spacial score (nSPS) is 11.7. The Kier molecular flexibility index (Phi) is 3.49. The van der Waals surface area contributed by atoms with Crippen molar-refractivity contribution in [2.24, 2.45) is 0 Å².